The summed E-state index contributed by atoms with van der Waals surface area (Å²) >= 11 is 11.8. The van der Waals surface area contributed by atoms with Gasteiger partial charge in [-0.1, -0.05) is 29.3 Å². The van der Waals surface area contributed by atoms with E-state index >= 15 is 0 Å². The Bertz CT molecular complexity index is 543. The van der Waals surface area contributed by atoms with Crippen molar-refractivity contribution in [2.24, 2.45) is 5.92 Å². The van der Waals surface area contributed by atoms with E-state index in [1.54, 1.807) is 18.2 Å². The fourth-order valence-electron chi connectivity index (χ4n) is 2.31. The van der Waals surface area contributed by atoms with Crippen LogP contribution in [0.25, 0.3) is 0 Å². The maximum Gasteiger partial charge on any atom is 0.317 e. The third kappa shape index (κ3) is 2.19. The molecule has 1 aromatic carbocycles. The highest BCUT2D eigenvalue weighted by atomic mass is 35.5. The van der Waals surface area contributed by atoms with Crippen LogP contribution in [0.5, 0.6) is 0 Å². The summed E-state index contributed by atoms with van der Waals surface area (Å²) in [5.74, 6) is -1.44. The van der Waals surface area contributed by atoms with E-state index in [4.69, 9.17) is 32.7 Å². The average Bonchev–Trinajstić information content (AvgIpc) is 3.16. The molecular weight excluding hydrogens is 291 g/mol. The fourth-order valence-corrected chi connectivity index (χ4v) is 2.61. The van der Waals surface area contributed by atoms with Gasteiger partial charge in [0.25, 0.3) is 0 Å². The van der Waals surface area contributed by atoms with E-state index in [0.29, 0.717) is 22.0 Å². The van der Waals surface area contributed by atoms with Crippen molar-refractivity contribution in [3.63, 3.8) is 0 Å². The zero-order valence-corrected chi connectivity index (χ0v) is 11.9. The van der Waals surface area contributed by atoms with Gasteiger partial charge in [-0.25, -0.2) is 0 Å². The standard InChI is InChI=1S/C13H12Cl2O4/c1-18-11(16)8-6-13(8,12(17)19-2)7-3-4-9(14)10(15)5-7/h3-5,8H,6H2,1-2H3/t8-,13+/m0/s1. The van der Waals surface area contributed by atoms with Crippen molar-refractivity contribution >= 4 is 35.1 Å². The lowest BCUT2D eigenvalue weighted by atomic mass is 9.93. The minimum Gasteiger partial charge on any atom is -0.469 e. The summed E-state index contributed by atoms with van der Waals surface area (Å²) in [4.78, 5) is 23.7. The first-order valence-corrected chi connectivity index (χ1v) is 6.34. The third-order valence-electron chi connectivity index (χ3n) is 3.43. The van der Waals surface area contributed by atoms with Crippen LogP contribution in [0.15, 0.2) is 18.2 Å². The van der Waals surface area contributed by atoms with Gasteiger partial charge in [-0.15, -0.1) is 0 Å². The molecule has 1 aromatic rings. The molecule has 2 atom stereocenters. The molecule has 102 valence electrons. The smallest absolute Gasteiger partial charge is 0.317 e. The van der Waals surface area contributed by atoms with E-state index in [9.17, 15) is 9.59 Å². The van der Waals surface area contributed by atoms with Crippen LogP contribution in [0.2, 0.25) is 10.0 Å². The molecule has 19 heavy (non-hydrogen) atoms. The Labute approximate surface area is 120 Å². The van der Waals surface area contributed by atoms with Gasteiger partial charge in [0.05, 0.1) is 30.2 Å². The van der Waals surface area contributed by atoms with Gasteiger partial charge in [0.2, 0.25) is 0 Å². The molecule has 0 amide bonds. The number of methoxy groups -OCH3 is 2. The summed E-state index contributed by atoms with van der Waals surface area (Å²) in [6.07, 6.45) is 0.351. The van der Waals surface area contributed by atoms with Gasteiger partial charge in [0.15, 0.2) is 0 Å². The summed E-state index contributed by atoms with van der Waals surface area (Å²) < 4.78 is 9.50. The van der Waals surface area contributed by atoms with E-state index in [1.807, 2.05) is 0 Å². The van der Waals surface area contributed by atoms with Crippen molar-refractivity contribution in [2.45, 2.75) is 11.8 Å². The van der Waals surface area contributed by atoms with Gasteiger partial charge in [-0.2, -0.15) is 0 Å². The number of ether oxygens (including phenoxy) is 2. The van der Waals surface area contributed by atoms with E-state index in [-0.39, 0.29) is 0 Å². The Morgan fingerprint density at radius 1 is 1.21 bits per heavy atom. The minimum atomic E-state index is -1.00. The van der Waals surface area contributed by atoms with Gasteiger partial charge >= 0.3 is 11.9 Å². The highest BCUT2D eigenvalue weighted by molar-refractivity contribution is 6.42. The summed E-state index contributed by atoms with van der Waals surface area (Å²) in [6, 6.07) is 4.86. The topological polar surface area (TPSA) is 52.6 Å². The fraction of sp³-hybridized carbons (Fsp3) is 0.385. The second-order valence-electron chi connectivity index (χ2n) is 4.37. The van der Waals surface area contributed by atoms with Crippen molar-refractivity contribution in [3.05, 3.63) is 33.8 Å². The van der Waals surface area contributed by atoms with E-state index in [0.717, 1.165) is 0 Å². The van der Waals surface area contributed by atoms with Gasteiger partial charge in [-0.3, -0.25) is 9.59 Å². The molecule has 0 aromatic heterocycles. The molecule has 2 rings (SSSR count). The summed E-state index contributed by atoms with van der Waals surface area (Å²) in [6.45, 7) is 0. The highest BCUT2D eigenvalue weighted by Crippen LogP contribution is 2.56. The van der Waals surface area contributed by atoms with E-state index < -0.39 is 23.3 Å². The van der Waals surface area contributed by atoms with Crippen molar-refractivity contribution < 1.29 is 19.1 Å². The highest BCUT2D eigenvalue weighted by Gasteiger charge is 2.66. The predicted molar refractivity (Wildman–Crippen MR) is 70.3 cm³/mol. The van der Waals surface area contributed by atoms with Crippen LogP contribution in [0.3, 0.4) is 0 Å². The van der Waals surface area contributed by atoms with Crippen LogP contribution in [-0.4, -0.2) is 26.2 Å². The number of hydrogen-bond acceptors (Lipinski definition) is 4. The van der Waals surface area contributed by atoms with Crippen LogP contribution >= 0.6 is 23.2 Å². The molecule has 6 heteroatoms. The molecule has 0 spiro atoms. The first kappa shape index (κ1) is 14.2. The number of carbonyl (C=O) groups excluding carboxylic acids is 2. The Morgan fingerprint density at radius 3 is 2.42 bits per heavy atom. The number of rotatable bonds is 3. The Hall–Kier alpha value is -1.26. The van der Waals surface area contributed by atoms with Gasteiger partial charge in [0.1, 0.15) is 5.41 Å². The van der Waals surface area contributed by atoms with Crippen molar-refractivity contribution in [1.29, 1.82) is 0 Å². The maximum absolute atomic E-state index is 12.0. The first-order chi connectivity index (χ1) is 8.97. The van der Waals surface area contributed by atoms with Crippen molar-refractivity contribution in [1.82, 2.24) is 0 Å². The minimum absolute atomic E-state index is 0.331. The monoisotopic (exact) mass is 302 g/mol. The molecule has 1 fully saturated rings. The van der Waals surface area contributed by atoms with Crippen LogP contribution in [0, 0.1) is 5.92 Å². The number of carbonyl (C=O) groups is 2. The van der Waals surface area contributed by atoms with E-state index in [2.05, 4.69) is 0 Å². The molecule has 1 aliphatic rings. The number of hydrogen-bond donors (Lipinski definition) is 0. The summed E-state index contributed by atoms with van der Waals surface area (Å²) in [5.41, 5.74) is -0.389. The quantitative estimate of drug-likeness (QED) is 0.805. The first-order valence-electron chi connectivity index (χ1n) is 5.59. The van der Waals surface area contributed by atoms with Crippen LogP contribution < -0.4 is 0 Å². The summed E-state index contributed by atoms with van der Waals surface area (Å²) in [7, 11) is 2.58. The SMILES string of the molecule is COC(=O)[C@@H]1C[C@@]1(C(=O)OC)c1ccc(Cl)c(Cl)c1. The lowest BCUT2D eigenvalue weighted by Gasteiger charge is -2.15. The zero-order chi connectivity index (χ0) is 14.2. The van der Waals surface area contributed by atoms with Gasteiger partial charge in [0, 0.05) is 0 Å². The Morgan fingerprint density at radius 2 is 1.89 bits per heavy atom. The molecule has 0 bridgehead atoms. The van der Waals surface area contributed by atoms with Crippen LogP contribution in [0.4, 0.5) is 0 Å². The van der Waals surface area contributed by atoms with Crippen molar-refractivity contribution in [3.8, 4) is 0 Å². The molecule has 0 aliphatic heterocycles. The molecule has 0 heterocycles. The van der Waals surface area contributed by atoms with Crippen molar-refractivity contribution in [2.75, 3.05) is 14.2 Å². The van der Waals surface area contributed by atoms with Gasteiger partial charge < -0.3 is 9.47 Å². The second kappa shape index (κ2) is 5.02. The largest absolute Gasteiger partial charge is 0.469 e. The molecule has 4 nitrogen and oxygen atoms in total. The molecule has 1 aliphatic carbocycles. The zero-order valence-electron chi connectivity index (χ0n) is 10.4. The molecule has 1 saturated carbocycles. The van der Waals surface area contributed by atoms with Crippen LogP contribution in [0.1, 0.15) is 12.0 Å². The average molecular weight is 303 g/mol. The normalized spacial score (nSPS) is 24.7. The number of halogens is 2. The third-order valence-corrected chi connectivity index (χ3v) is 4.17. The number of benzene rings is 1. The molecule has 0 N–H and O–H groups in total. The molecule has 0 unspecified atom stereocenters. The predicted octanol–water partition coefficient (Wildman–Crippen LogP) is 2.60. The molecule has 0 saturated heterocycles. The molecular formula is C13H12Cl2O4. The maximum atomic E-state index is 12.0. The van der Waals surface area contributed by atoms with E-state index in [1.165, 1.54) is 14.2 Å². The summed E-state index contributed by atoms with van der Waals surface area (Å²) in [5, 5.41) is 0.721. The Balaban J connectivity index is 2.43. The lowest BCUT2D eigenvalue weighted by Crippen LogP contribution is -2.27. The Kier molecular flexibility index (Phi) is 3.74. The molecule has 0 radical (unpaired) electrons. The number of esters is 2. The van der Waals surface area contributed by atoms with Crippen LogP contribution in [-0.2, 0) is 24.5 Å². The lowest BCUT2D eigenvalue weighted by molar-refractivity contribution is -0.149. The second-order valence-corrected chi connectivity index (χ2v) is 5.19. The van der Waals surface area contributed by atoms with Gasteiger partial charge in [-0.05, 0) is 24.1 Å².